The predicted molar refractivity (Wildman–Crippen MR) is 134 cm³/mol. The van der Waals surface area contributed by atoms with E-state index in [1.54, 1.807) is 13.8 Å². The van der Waals surface area contributed by atoms with Crippen molar-refractivity contribution in [1.82, 2.24) is 5.32 Å². The van der Waals surface area contributed by atoms with E-state index in [1.165, 1.54) is 76.3 Å². The van der Waals surface area contributed by atoms with Crippen LogP contribution in [0.4, 0.5) is 13.2 Å². The molecule has 0 radical (unpaired) electrons. The van der Waals surface area contributed by atoms with Crippen LogP contribution in [0, 0.1) is 5.92 Å². The number of carbonyl (C=O) groups is 2. The molecule has 0 aliphatic carbocycles. The van der Waals surface area contributed by atoms with Crippen molar-refractivity contribution < 1.29 is 27.5 Å². The number of hydrogen-bond acceptors (Lipinski definition) is 3. The molecule has 0 bridgehead atoms. The molecule has 1 amide bonds. The van der Waals surface area contributed by atoms with Gasteiger partial charge in [0.2, 0.25) is 0 Å². The number of hydrogen-bond donors (Lipinski definition) is 1. The van der Waals surface area contributed by atoms with Crippen molar-refractivity contribution in [3.8, 4) is 0 Å². The van der Waals surface area contributed by atoms with Crippen molar-refractivity contribution in [2.45, 2.75) is 116 Å². The fourth-order valence-corrected chi connectivity index (χ4v) is 4.03. The summed E-state index contributed by atoms with van der Waals surface area (Å²) in [5.74, 6) is -1.87. The lowest BCUT2D eigenvalue weighted by Crippen LogP contribution is -2.45. The Balaban J connectivity index is 2.27. The van der Waals surface area contributed by atoms with Crippen LogP contribution in [0.2, 0.25) is 0 Å². The SMILES string of the molecule is CCCCCCCCCCCCCCCOC(=O)C(NC(=O)c1ccccc1C(F)(F)F)C(C)C. The van der Waals surface area contributed by atoms with E-state index in [4.69, 9.17) is 4.74 Å². The molecule has 1 unspecified atom stereocenters. The minimum absolute atomic E-state index is 0.245. The van der Waals surface area contributed by atoms with E-state index in [0.29, 0.717) is 0 Å². The highest BCUT2D eigenvalue weighted by molar-refractivity contribution is 5.98. The van der Waals surface area contributed by atoms with Gasteiger partial charge in [-0.3, -0.25) is 4.79 Å². The van der Waals surface area contributed by atoms with Crippen LogP contribution in [-0.4, -0.2) is 24.5 Å². The molecule has 200 valence electrons. The molecular formula is C28H44F3NO3. The Morgan fingerprint density at radius 1 is 0.829 bits per heavy atom. The van der Waals surface area contributed by atoms with Crippen molar-refractivity contribution in [2.75, 3.05) is 6.61 Å². The van der Waals surface area contributed by atoms with Gasteiger partial charge in [-0.05, 0) is 24.5 Å². The molecule has 0 aliphatic rings. The van der Waals surface area contributed by atoms with Gasteiger partial charge < -0.3 is 10.1 Å². The number of rotatable bonds is 18. The summed E-state index contributed by atoms with van der Waals surface area (Å²) in [5, 5.41) is 2.43. The van der Waals surface area contributed by atoms with Crippen LogP contribution < -0.4 is 5.32 Å². The molecule has 1 rings (SSSR count). The van der Waals surface area contributed by atoms with E-state index in [-0.39, 0.29) is 12.5 Å². The lowest BCUT2D eigenvalue weighted by molar-refractivity contribution is -0.147. The molecule has 1 atom stereocenters. The van der Waals surface area contributed by atoms with Gasteiger partial charge in [-0.2, -0.15) is 13.2 Å². The number of nitrogens with one attached hydrogen (secondary N) is 1. The third-order valence-electron chi connectivity index (χ3n) is 6.18. The first-order valence-electron chi connectivity index (χ1n) is 13.3. The molecule has 35 heavy (non-hydrogen) atoms. The minimum Gasteiger partial charge on any atom is -0.464 e. The Morgan fingerprint density at radius 3 is 1.80 bits per heavy atom. The number of benzene rings is 1. The van der Waals surface area contributed by atoms with Crippen molar-refractivity contribution in [3.05, 3.63) is 35.4 Å². The molecular weight excluding hydrogens is 455 g/mol. The lowest BCUT2D eigenvalue weighted by Gasteiger charge is -2.22. The Labute approximate surface area is 209 Å². The Kier molecular flexibility index (Phi) is 15.4. The highest BCUT2D eigenvalue weighted by atomic mass is 19.4. The first kappa shape index (κ1) is 31.0. The third kappa shape index (κ3) is 13.0. The number of halogens is 3. The second-order valence-electron chi connectivity index (χ2n) is 9.65. The van der Waals surface area contributed by atoms with E-state index in [9.17, 15) is 22.8 Å². The number of unbranched alkanes of at least 4 members (excludes halogenated alkanes) is 12. The Hall–Kier alpha value is -2.05. The largest absolute Gasteiger partial charge is 0.464 e. The maximum atomic E-state index is 13.2. The van der Waals surface area contributed by atoms with E-state index in [1.807, 2.05) is 0 Å². The van der Waals surface area contributed by atoms with E-state index >= 15 is 0 Å². The van der Waals surface area contributed by atoms with Gasteiger partial charge in [0.1, 0.15) is 6.04 Å². The van der Waals surface area contributed by atoms with Gasteiger partial charge in [0.25, 0.3) is 5.91 Å². The van der Waals surface area contributed by atoms with Crippen LogP contribution in [0.15, 0.2) is 24.3 Å². The zero-order valence-electron chi connectivity index (χ0n) is 21.7. The van der Waals surface area contributed by atoms with Crippen LogP contribution in [0.25, 0.3) is 0 Å². The van der Waals surface area contributed by atoms with Gasteiger partial charge >= 0.3 is 12.1 Å². The Bertz CT molecular complexity index is 734. The second-order valence-corrected chi connectivity index (χ2v) is 9.65. The molecule has 0 spiro atoms. The number of ether oxygens (including phenoxy) is 1. The lowest BCUT2D eigenvalue weighted by atomic mass is 10.0. The highest BCUT2D eigenvalue weighted by Gasteiger charge is 2.36. The second kappa shape index (κ2) is 17.4. The molecule has 4 nitrogen and oxygen atoms in total. The third-order valence-corrected chi connectivity index (χ3v) is 6.18. The zero-order valence-corrected chi connectivity index (χ0v) is 21.7. The minimum atomic E-state index is -4.66. The smallest absolute Gasteiger partial charge is 0.417 e. The first-order valence-corrected chi connectivity index (χ1v) is 13.3. The van der Waals surface area contributed by atoms with Crippen LogP contribution in [0.1, 0.15) is 120 Å². The van der Waals surface area contributed by atoms with Crippen molar-refractivity contribution in [2.24, 2.45) is 5.92 Å². The standard InChI is InChI=1S/C28H44F3NO3/c1-4-5-6-7-8-9-10-11-12-13-14-15-18-21-35-27(34)25(22(2)3)32-26(33)23-19-16-17-20-24(23)28(29,30)31/h16-17,19-20,22,25H,4-15,18,21H2,1-3H3,(H,32,33). The van der Waals surface area contributed by atoms with Gasteiger partial charge in [-0.25, -0.2) is 4.79 Å². The maximum absolute atomic E-state index is 13.2. The Morgan fingerprint density at radius 2 is 1.31 bits per heavy atom. The topological polar surface area (TPSA) is 55.4 Å². The van der Waals surface area contributed by atoms with E-state index in [0.717, 1.165) is 31.4 Å². The van der Waals surface area contributed by atoms with Gasteiger partial charge in [0, 0.05) is 0 Å². The summed E-state index contributed by atoms with van der Waals surface area (Å²) >= 11 is 0. The number of esters is 1. The molecule has 7 heteroatoms. The zero-order chi connectivity index (χ0) is 26.1. The number of carbonyl (C=O) groups excluding carboxylic acids is 2. The highest BCUT2D eigenvalue weighted by Crippen LogP contribution is 2.31. The van der Waals surface area contributed by atoms with Crippen molar-refractivity contribution in [3.63, 3.8) is 0 Å². The molecule has 0 saturated heterocycles. The summed E-state index contributed by atoms with van der Waals surface area (Å²) in [7, 11) is 0. The van der Waals surface area contributed by atoms with Crippen molar-refractivity contribution in [1.29, 1.82) is 0 Å². The maximum Gasteiger partial charge on any atom is 0.417 e. The van der Waals surface area contributed by atoms with Crippen molar-refractivity contribution >= 4 is 11.9 Å². The normalized spacial score (nSPS) is 12.5. The average molecular weight is 500 g/mol. The molecule has 1 aromatic carbocycles. The van der Waals surface area contributed by atoms with Crippen LogP contribution in [0.3, 0.4) is 0 Å². The molecule has 1 aromatic rings. The van der Waals surface area contributed by atoms with Gasteiger partial charge in [0.05, 0.1) is 17.7 Å². The average Bonchev–Trinajstić information content (AvgIpc) is 2.81. The van der Waals surface area contributed by atoms with Crippen LogP contribution >= 0.6 is 0 Å². The first-order chi connectivity index (χ1) is 16.7. The number of amides is 1. The number of alkyl halides is 3. The molecule has 0 heterocycles. The summed E-state index contributed by atoms with van der Waals surface area (Å²) < 4.78 is 45.0. The van der Waals surface area contributed by atoms with Crippen LogP contribution in [0.5, 0.6) is 0 Å². The molecule has 1 N–H and O–H groups in total. The van der Waals surface area contributed by atoms with Gasteiger partial charge in [-0.1, -0.05) is 110 Å². The quantitative estimate of drug-likeness (QED) is 0.164. The molecule has 0 aromatic heterocycles. The van der Waals surface area contributed by atoms with E-state index < -0.39 is 35.2 Å². The monoisotopic (exact) mass is 499 g/mol. The molecule has 0 saturated carbocycles. The fourth-order valence-electron chi connectivity index (χ4n) is 4.03. The summed E-state index contributed by atoms with van der Waals surface area (Å²) in [6, 6.07) is 3.54. The molecule has 0 fully saturated rings. The van der Waals surface area contributed by atoms with E-state index in [2.05, 4.69) is 12.2 Å². The van der Waals surface area contributed by atoms with Crippen LogP contribution in [-0.2, 0) is 15.7 Å². The predicted octanol–water partition coefficient (Wildman–Crippen LogP) is 8.09. The molecule has 0 aliphatic heterocycles. The van der Waals surface area contributed by atoms with Gasteiger partial charge in [0.15, 0.2) is 0 Å². The van der Waals surface area contributed by atoms with Gasteiger partial charge in [-0.15, -0.1) is 0 Å². The fraction of sp³-hybridized carbons (Fsp3) is 0.714. The summed E-state index contributed by atoms with van der Waals surface area (Å²) in [6.45, 7) is 5.91. The summed E-state index contributed by atoms with van der Waals surface area (Å²) in [6.07, 6.45) is 11.1. The summed E-state index contributed by atoms with van der Waals surface area (Å²) in [4.78, 5) is 25.0. The summed E-state index contributed by atoms with van der Waals surface area (Å²) in [5.41, 5.74) is -1.53.